The molecule has 0 bridgehead atoms. The number of hydrogen-bond donors (Lipinski definition) is 1. The molecule has 0 fully saturated rings. The minimum absolute atomic E-state index is 0.0609. The van der Waals surface area contributed by atoms with Crippen LogP contribution in [0.25, 0.3) is 0 Å². The summed E-state index contributed by atoms with van der Waals surface area (Å²) in [6.07, 6.45) is 1.64. The van der Waals surface area contributed by atoms with Crippen LogP contribution in [-0.2, 0) is 11.3 Å². The summed E-state index contributed by atoms with van der Waals surface area (Å²) < 4.78 is 28.3. The predicted octanol–water partition coefficient (Wildman–Crippen LogP) is 2.08. The molecule has 90 valence electrons. The summed E-state index contributed by atoms with van der Waals surface area (Å²) in [5.74, 6) is 0.680. The standard InChI is InChI=1S/C10H15F2N3O/c1-2-3-13-10-5-14-8(4-15-10)6-16-7-9(11)12/h4-5,9H,2-3,6-7H2,1H3,(H,13,15). The van der Waals surface area contributed by atoms with Crippen molar-refractivity contribution < 1.29 is 13.5 Å². The molecule has 1 rings (SSSR count). The van der Waals surface area contributed by atoms with Gasteiger partial charge in [-0.2, -0.15) is 0 Å². The van der Waals surface area contributed by atoms with Gasteiger partial charge in [-0.3, -0.25) is 4.98 Å². The fourth-order valence-corrected chi connectivity index (χ4v) is 1.03. The van der Waals surface area contributed by atoms with E-state index in [0.717, 1.165) is 13.0 Å². The SMILES string of the molecule is CCCNc1cnc(COCC(F)F)cn1. The summed E-state index contributed by atoms with van der Waals surface area (Å²) in [4.78, 5) is 8.11. The molecule has 1 heterocycles. The number of ether oxygens (including phenoxy) is 1. The van der Waals surface area contributed by atoms with E-state index in [1.165, 1.54) is 6.20 Å². The summed E-state index contributed by atoms with van der Waals surface area (Å²) in [5, 5.41) is 3.06. The summed E-state index contributed by atoms with van der Waals surface area (Å²) in [6, 6.07) is 0. The third kappa shape index (κ3) is 4.97. The Balaban J connectivity index is 2.33. The zero-order chi connectivity index (χ0) is 11.8. The van der Waals surface area contributed by atoms with Crippen LogP contribution < -0.4 is 5.32 Å². The number of halogens is 2. The first-order valence-corrected chi connectivity index (χ1v) is 5.13. The number of rotatable bonds is 7. The second kappa shape index (κ2) is 7.05. The van der Waals surface area contributed by atoms with Crippen LogP contribution in [0.15, 0.2) is 12.4 Å². The van der Waals surface area contributed by atoms with Crippen molar-refractivity contribution in [3.8, 4) is 0 Å². The van der Waals surface area contributed by atoms with Crippen molar-refractivity contribution in [3.63, 3.8) is 0 Å². The molecule has 0 amide bonds. The Morgan fingerprint density at radius 1 is 1.38 bits per heavy atom. The summed E-state index contributed by atoms with van der Waals surface area (Å²) in [7, 11) is 0. The quantitative estimate of drug-likeness (QED) is 0.780. The molecule has 0 aliphatic heterocycles. The van der Waals surface area contributed by atoms with Gasteiger partial charge in [-0.05, 0) is 6.42 Å². The van der Waals surface area contributed by atoms with Crippen LogP contribution in [0.3, 0.4) is 0 Å². The first-order chi connectivity index (χ1) is 7.72. The van der Waals surface area contributed by atoms with E-state index in [9.17, 15) is 8.78 Å². The lowest BCUT2D eigenvalue weighted by Gasteiger charge is -2.05. The second-order valence-electron chi connectivity index (χ2n) is 3.23. The second-order valence-corrected chi connectivity index (χ2v) is 3.23. The minimum Gasteiger partial charge on any atom is -0.369 e. The van der Waals surface area contributed by atoms with E-state index in [0.29, 0.717) is 11.5 Å². The van der Waals surface area contributed by atoms with Crippen molar-refractivity contribution >= 4 is 5.82 Å². The third-order valence-electron chi connectivity index (χ3n) is 1.76. The van der Waals surface area contributed by atoms with Gasteiger partial charge in [0.2, 0.25) is 0 Å². The maximum absolute atomic E-state index is 11.8. The van der Waals surface area contributed by atoms with Crippen molar-refractivity contribution in [1.29, 1.82) is 0 Å². The minimum atomic E-state index is -2.45. The average Bonchev–Trinajstić information content (AvgIpc) is 2.27. The number of hydrogen-bond acceptors (Lipinski definition) is 4. The smallest absolute Gasteiger partial charge is 0.261 e. The molecule has 0 saturated carbocycles. The van der Waals surface area contributed by atoms with E-state index in [4.69, 9.17) is 4.74 Å². The molecule has 1 aromatic rings. The Morgan fingerprint density at radius 2 is 2.19 bits per heavy atom. The fraction of sp³-hybridized carbons (Fsp3) is 0.600. The van der Waals surface area contributed by atoms with Crippen molar-refractivity contribution in [3.05, 3.63) is 18.1 Å². The maximum Gasteiger partial charge on any atom is 0.261 e. The molecule has 0 atom stereocenters. The predicted molar refractivity (Wildman–Crippen MR) is 56.5 cm³/mol. The molecule has 0 saturated heterocycles. The van der Waals surface area contributed by atoms with E-state index in [1.807, 2.05) is 6.92 Å². The van der Waals surface area contributed by atoms with E-state index in [2.05, 4.69) is 15.3 Å². The van der Waals surface area contributed by atoms with Crippen LogP contribution in [0.2, 0.25) is 0 Å². The number of anilines is 1. The van der Waals surface area contributed by atoms with Gasteiger partial charge in [-0.15, -0.1) is 0 Å². The van der Waals surface area contributed by atoms with Crippen molar-refractivity contribution in [2.75, 3.05) is 18.5 Å². The van der Waals surface area contributed by atoms with Crippen LogP contribution in [0, 0.1) is 0 Å². The number of nitrogens with one attached hydrogen (secondary N) is 1. The maximum atomic E-state index is 11.8. The first kappa shape index (κ1) is 12.8. The Kier molecular flexibility index (Phi) is 5.63. The van der Waals surface area contributed by atoms with Crippen molar-refractivity contribution in [2.24, 2.45) is 0 Å². The highest BCUT2D eigenvalue weighted by molar-refractivity contribution is 5.30. The van der Waals surface area contributed by atoms with Crippen LogP contribution in [-0.4, -0.2) is 29.5 Å². The van der Waals surface area contributed by atoms with Gasteiger partial charge >= 0.3 is 0 Å². The molecule has 0 aromatic carbocycles. The molecule has 0 radical (unpaired) electrons. The van der Waals surface area contributed by atoms with Gasteiger partial charge in [-0.25, -0.2) is 13.8 Å². The molecule has 0 unspecified atom stereocenters. The Labute approximate surface area is 93.1 Å². The van der Waals surface area contributed by atoms with E-state index in [-0.39, 0.29) is 6.61 Å². The van der Waals surface area contributed by atoms with E-state index < -0.39 is 13.0 Å². The lowest BCUT2D eigenvalue weighted by atomic mass is 10.4. The average molecular weight is 231 g/mol. The van der Waals surface area contributed by atoms with Gasteiger partial charge in [0.15, 0.2) is 0 Å². The molecule has 0 spiro atoms. The van der Waals surface area contributed by atoms with Gasteiger partial charge in [0.25, 0.3) is 6.43 Å². The first-order valence-electron chi connectivity index (χ1n) is 5.13. The lowest BCUT2D eigenvalue weighted by Crippen LogP contribution is -2.06. The molecule has 6 heteroatoms. The van der Waals surface area contributed by atoms with Crippen LogP contribution in [0.4, 0.5) is 14.6 Å². The molecule has 16 heavy (non-hydrogen) atoms. The topological polar surface area (TPSA) is 47.0 Å². The Bertz CT molecular complexity index is 293. The van der Waals surface area contributed by atoms with Gasteiger partial charge in [0, 0.05) is 6.54 Å². The zero-order valence-electron chi connectivity index (χ0n) is 9.12. The summed E-state index contributed by atoms with van der Waals surface area (Å²) in [6.45, 7) is 2.37. The largest absolute Gasteiger partial charge is 0.369 e. The summed E-state index contributed by atoms with van der Waals surface area (Å²) >= 11 is 0. The van der Waals surface area contributed by atoms with Crippen LogP contribution in [0.5, 0.6) is 0 Å². The fourth-order valence-electron chi connectivity index (χ4n) is 1.03. The molecular weight excluding hydrogens is 216 g/mol. The highest BCUT2D eigenvalue weighted by Gasteiger charge is 2.03. The van der Waals surface area contributed by atoms with Crippen molar-refractivity contribution in [2.45, 2.75) is 26.4 Å². The van der Waals surface area contributed by atoms with E-state index >= 15 is 0 Å². The van der Waals surface area contributed by atoms with Gasteiger partial charge in [-0.1, -0.05) is 6.92 Å². The van der Waals surface area contributed by atoms with Gasteiger partial charge in [0.05, 0.1) is 24.7 Å². The molecule has 1 aromatic heterocycles. The number of aromatic nitrogens is 2. The van der Waals surface area contributed by atoms with Crippen LogP contribution >= 0.6 is 0 Å². The summed E-state index contributed by atoms with van der Waals surface area (Å²) in [5.41, 5.74) is 0.544. The molecule has 0 aliphatic carbocycles. The normalized spacial score (nSPS) is 10.8. The number of alkyl halides is 2. The monoisotopic (exact) mass is 231 g/mol. The Hall–Kier alpha value is -1.30. The zero-order valence-corrected chi connectivity index (χ0v) is 9.12. The molecular formula is C10H15F2N3O. The third-order valence-corrected chi connectivity index (χ3v) is 1.76. The highest BCUT2D eigenvalue weighted by atomic mass is 19.3. The van der Waals surface area contributed by atoms with Crippen molar-refractivity contribution in [1.82, 2.24) is 9.97 Å². The van der Waals surface area contributed by atoms with E-state index in [1.54, 1.807) is 6.20 Å². The number of nitrogens with zero attached hydrogens (tertiary/aromatic N) is 2. The van der Waals surface area contributed by atoms with Crippen LogP contribution in [0.1, 0.15) is 19.0 Å². The lowest BCUT2D eigenvalue weighted by molar-refractivity contribution is 0.00874. The Morgan fingerprint density at radius 3 is 2.75 bits per heavy atom. The highest BCUT2D eigenvalue weighted by Crippen LogP contribution is 2.03. The van der Waals surface area contributed by atoms with Gasteiger partial charge < -0.3 is 10.1 Å². The molecule has 1 N–H and O–H groups in total. The molecule has 0 aliphatic rings. The van der Waals surface area contributed by atoms with Gasteiger partial charge in [0.1, 0.15) is 12.4 Å². The molecule has 4 nitrogen and oxygen atoms in total.